The fourth-order valence-electron chi connectivity index (χ4n) is 7.07. The highest BCUT2D eigenvalue weighted by atomic mass is 32.2. The van der Waals surface area contributed by atoms with Gasteiger partial charge in [0.05, 0.1) is 11.0 Å². The van der Waals surface area contributed by atoms with Gasteiger partial charge in [0, 0.05) is 106 Å². The van der Waals surface area contributed by atoms with Crippen LogP contribution in [0.15, 0.2) is 198 Å². The van der Waals surface area contributed by atoms with Crippen LogP contribution in [-0.2, 0) is 12.6 Å². The van der Waals surface area contributed by atoms with Gasteiger partial charge in [0.1, 0.15) is 17.1 Å². The summed E-state index contributed by atoms with van der Waals surface area (Å²) in [7, 11) is 3.97. The van der Waals surface area contributed by atoms with E-state index in [1.54, 1.807) is 0 Å². The van der Waals surface area contributed by atoms with Gasteiger partial charge in [0.2, 0.25) is 0 Å². The molecule has 0 atom stereocenters. The molecule has 11 rings (SSSR count). The van der Waals surface area contributed by atoms with Crippen molar-refractivity contribution in [2.24, 2.45) is 0 Å². The van der Waals surface area contributed by atoms with Crippen LogP contribution in [0.2, 0.25) is 0 Å². The average molecular weight is 1240 g/mol. The average Bonchev–Trinajstić information content (AvgIpc) is 4.20. The van der Waals surface area contributed by atoms with Gasteiger partial charge in [-0.2, -0.15) is 5.10 Å². The molecule has 3 heterocycles. The van der Waals surface area contributed by atoms with E-state index in [4.69, 9.17) is 48.9 Å². The monoisotopic (exact) mass is 1240 g/mol. The molecule has 0 saturated heterocycles. The number of hydrogen-bond donors (Lipinski definition) is 13. The second-order valence-corrected chi connectivity index (χ2v) is 24.4. The lowest BCUT2D eigenvalue weighted by Gasteiger charge is -2.11. The van der Waals surface area contributed by atoms with E-state index in [1.807, 2.05) is 14.1 Å². The zero-order valence-electron chi connectivity index (χ0n) is 44.3. The summed E-state index contributed by atoms with van der Waals surface area (Å²) in [6.07, 6.45) is 0. The SMILES string of the molecule is CNc1ccc(Nc2ccc(Nc3ccc(Nc4ccc(C)cc4)cc3)cc2)cc1.C[NH2+]c1ccc(Nc2ccc([NH2+]c3ccc(Nc4ccc(C)cc4)cc3)cc2)cc1.S=c1[nH][nH]c(=S)s1.S=c1[nH][nH]c(=S)s1.S=c1[nH]nc([S-])s1. The summed E-state index contributed by atoms with van der Waals surface area (Å²) in [5.74, 6) is 0. The van der Waals surface area contributed by atoms with Crippen molar-refractivity contribution in [1.82, 2.24) is 30.6 Å². The highest BCUT2D eigenvalue weighted by Gasteiger charge is 2.05. The summed E-state index contributed by atoms with van der Waals surface area (Å²) in [5.41, 5.74) is 17.9. The van der Waals surface area contributed by atoms with Gasteiger partial charge >= 0.3 is 0 Å². The number of aromatic amines is 5. The van der Waals surface area contributed by atoms with Crippen molar-refractivity contribution in [3.05, 3.63) is 225 Å². The number of nitrogens with two attached hydrogens (primary N) is 2. The number of aryl methyl sites for hydroxylation is 2. The molecule has 81 heavy (non-hydrogen) atoms. The third-order valence-electron chi connectivity index (χ3n) is 11.2. The van der Waals surface area contributed by atoms with Crippen molar-refractivity contribution in [3.63, 3.8) is 0 Å². The standard InChI is InChI=1S/2C26H26N4.3C2H2N2S3/c2*1-19-3-5-21(6-4-19)28-23-11-13-25(14-12-23)30-26-17-15-24(16-18-26)29-22-9-7-20(27-2)8-10-22;3*5-1-3-4-2(6)7-1/h2*3-18,27-30H,1-2H3;3*(H,3,5)(H,4,6)/p+1. The maximum Gasteiger partial charge on any atom is 0.175 e. The molecule has 0 aliphatic carbocycles. The Morgan fingerprint density at radius 2 is 0.605 bits per heavy atom. The van der Waals surface area contributed by atoms with Gasteiger partial charge in [0.25, 0.3) is 0 Å². The van der Waals surface area contributed by atoms with Gasteiger partial charge < -0.3 is 61.2 Å². The quantitative estimate of drug-likeness (QED) is 0.0279. The van der Waals surface area contributed by atoms with Crippen molar-refractivity contribution >= 4 is 187 Å². The minimum Gasteiger partial charge on any atom is -0.406 e. The van der Waals surface area contributed by atoms with E-state index in [1.165, 1.54) is 62.2 Å². The molecule has 11 aromatic rings. The first-order chi connectivity index (χ1) is 39.2. The number of aromatic nitrogens is 6. The molecular formula is C58H59N14S9+. The van der Waals surface area contributed by atoms with E-state index in [0.717, 1.165) is 62.6 Å². The van der Waals surface area contributed by atoms with Crippen LogP contribution < -0.4 is 42.5 Å². The smallest absolute Gasteiger partial charge is 0.175 e. The number of nitrogens with one attached hydrogen (secondary N) is 11. The molecule has 14 nitrogen and oxygen atoms in total. The third kappa shape index (κ3) is 22.2. The number of hydrogen-bond acceptors (Lipinski definition) is 16. The van der Waals surface area contributed by atoms with Crippen molar-refractivity contribution < 1.29 is 10.6 Å². The lowest BCUT2D eigenvalue weighted by Crippen LogP contribution is -2.72. The summed E-state index contributed by atoms with van der Waals surface area (Å²) in [6, 6.07) is 67.0. The summed E-state index contributed by atoms with van der Waals surface area (Å²) in [5, 5.41) is 41.4. The highest BCUT2D eigenvalue weighted by molar-refractivity contribution is 7.76. The Kier molecular flexibility index (Phi) is 24.2. The predicted octanol–water partition coefficient (Wildman–Crippen LogP) is 16.9. The molecule has 0 amide bonds. The molecule has 8 aromatic carbocycles. The molecule has 0 aliphatic rings. The normalized spacial score (nSPS) is 10.1. The second-order valence-electron chi connectivity index (χ2n) is 17.4. The van der Waals surface area contributed by atoms with Crippen LogP contribution in [0.4, 0.5) is 79.6 Å². The van der Waals surface area contributed by atoms with E-state index in [2.05, 4.69) is 306 Å². The van der Waals surface area contributed by atoms with E-state index >= 15 is 0 Å². The Balaban J connectivity index is 0.000000172. The summed E-state index contributed by atoms with van der Waals surface area (Å²) in [4.78, 5) is 0. The largest absolute Gasteiger partial charge is 0.406 e. The third-order valence-corrected chi connectivity index (χ3v) is 15.0. The molecule has 3 aromatic heterocycles. The highest BCUT2D eigenvalue weighted by Crippen LogP contribution is 2.26. The van der Waals surface area contributed by atoms with Crippen molar-refractivity contribution in [2.45, 2.75) is 18.2 Å². The molecule has 0 saturated carbocycles. The maximum absolute atomic E-state index is 4.70. The predicted molar refractivity (Wildman–Crippen MR) is 358 cm³/mol. The zero-order valence-corrected chi connectivity index (χ0v) is 51.6. The summed E-state index contributed by atoms with van der Waals surface area (Å²) in [6.45, 7) is 4.19. The molecule has 0 fully saturated rings. The Morgan fingerprint density at radius 3 is 0.802 bits per heavy atom. The van der Waals surface area contributed by atoms with Gasteiger partial charge in [-0.3, -0.25) is 30.8 Å². The number of rotatable bonds is 14. The van der Waals surface area contributed by atoms with E-state index in [-0.39, 0.29) is 0 Å². The minimum atomic E-state index is 0.574. The Hall–Kier alpha value is -7.52. The fourth-order valence-corrected chi connectivity index (χ4v) is 10.4. The fraction of sp³-hybridized carbons (Fsp3) is 0.0690. The Morgan fingerprint density at radius 1 is 0.358 bits per heavy atom. The van der Waals surface area contributed by atoms with Crippen LogP contribution in [0.25, 0.3) is 0 Å². The number of benzene rings is 8. The first-order valence-electron chi connectivity index (χ1n) is 24.9. The van der Waals surface area contributed by atoms with Crippen molar-refractivity contribution in [1.29, 1.82) is 0 Å². The number of quaternary nitrogens is 2. The summed E-state index contributed by atoms with van der Waals surface area (Å²) < 4.78 is 4.01. The van der Waals surface area contributed by atoms with Gasteiger partial charge in [-0.25, -0.2) is 0 Å². The van der Waals surface area contributed by atoms with Crippen LogP contribution in [0.3, 0.4) is 0 Å². The Bertz CT molecular complexity index is 3620. The van der Waals surface area contributed by atoms with Gasteiger partial charge in [-0.05, 0) is 201 Å². The van der Waals surface area contributed by atoms with Crippen LogP contribution in [0.5, 0.6) is 0 Å². The van der Waals surface area contributed by atoms with Crippen LogP contribution in [-0.4, -0.2) is 44.7 Å². The van der Waals surface area contributed by atoms with Crippen LogP contribution in [0.1, 0.15) is 11.1 Å². The molecular weight excluding hydrogens is 1180 g/mol. The minimum absolute atomic E-state index is 0.574. The second kappa shape index (κ2) is 32.1. The molecule has 0 spiro atoms. The molecule has 0 aliphatic heterocycles. The van der Waals surface area contributed by atoms with E-state index < -0.39 is 0 Å². The molecule has 23 heteroatoms. The first kappa shape index (κ1) is 61.1. The van der Waals surface area contributed by atoms with Gasteiger partial charge in [-0.1, -0.05) is 70.3 Å². The lowest BCUT2D eigenvalue weighted by molar-refractivity contribution is -0.539. The van der Waals surface area contributed by atoms with Crippen LogP contribution in [0, 0.1) is 33.6 Å². The number of H-pyrrole nitrogens is 5. The molecule has 0 radical (unpaired) electrons. The van der Waals surface area contributed by atoms with Gasteiger partial charge in [0.15, 0.2) is 15.8 Å². The number of nitrogens with zero attached hydrogens (tertiary/aromatic N) is 1. The maximum atomic E-state index is 4.70. The molecule has 0 unspecified atom stereocenters. The Labute approximate surface area is 513 Å². The number of anilines is 11. The molecule has 414 valence electrons. The van der Waals surface area contributed by atoms with Crippen molar-refractivity contribution in [2.75, 3.05) is 46.0 Å². The zero-order chi connectivity index (χ0) is 57.3. The molecule has 0 bridgehead atoms. The lowest BCUT2D eigenvalue weighted by atomic mass is 10.2. The van der Waals surface area contributed by atoms with Crippen molar-refractivity contribution in [3.8, 4) is 0 Å². The van der Waals surface area contributed by atoms with Gasteiger partial charge in [-0.15, -0.1) is 0 Å². The topological polar surface area (TPSA) is 197 Å². The van der Waals surface area contributed by atoms with E-state index in [9.17, 15) is 0 Å². The van der Waals surface area contributed by atoms with Crippen LogP contribution >= 0.6 is 95.1 Å². The first-order valence-corrected chi connectivity index (χ1v) is 29.8. The van der Waals surface area contributed by atoms with E-state index in [0.29, 0.717) is 24.1 Å². The summed E-state index contributed by atoms with van der Waals surface area (Å²) >= 11 is 32.1. The molecule has 15 N–H and O–H groups in total.